The van der Waals surface area contributed by atoms with E-state index in [0.717, 1.165) is 0 Å². The zero-order valence-electron chi connectivity index (χ0n) is 23.4. The van der Waals surface area contributed by atoms with Crippen LogP contribution in [0.4, 0.5) is 11.4 Å². The van der Waals surface area contributed by atoms with Crippen molar-refractivity contribution in [3.8, 4) is 16.9 Å². The Kier molecular flexibility index (Phi) is 9.54. The monoisotopic (exact) mass is 609 g/mol. The summed E-state index contributed by atoms with van der Waals surface area (Å²) in [6.07, 6.45) is 4.84. The van der Waals surface area contributed by atoms with Crippen molar-refractivity contribution in [2.75, 3.05) is 50.9 Å². The normalized spacial score (nSPS) is 16.0. The van der Waals surface area contributed by atoms with Gasteiger partial charge in [0, 0.05) is 44.7 Å². The van der Waals surface area contributed by atoms with Crippen molar-refractivity contribution < 1.29 is 22.7 Å². The van der Waals surface area contributed by atoms with Gasteiger partial charge in [0.2, 0.25) is 5.91 Å². The van der Waals surface area contributed by atoms with Gasteiger partial charge in [0.1, 0.15) is 10.6 Å². The maximum atomic E-state index is 13.5. The van der Waals surface area contributed by atoms with Gasteiger partial charge in [-0.05, 0) is 59.7 Å². The number of carbonyl (C=O) groups is 2. The highest BCUT2D eigenvalue weighted by molar-refractivity contribution is 7.92. The predicted octanol–water partition coefficient (Wildman–Crippen LogP) is 4.01. The number of allylic oxidation sites excluding steroid dienone is 1. The molecule has 220 valence electrons. The lowest BCUT2D eigenvalue weighted by molar-refractivity contribution is -0.122. The molecular formula is C30H32ClN5O5S. The fourth-order valence-electron chi connectivity index (χ4n) is 4.23. The van der Waals surface area contributed by atoms with Crippen LogP contribution < -0.4 is 20.1 Å². The molecule has 1 atom stereocenters. The van der Waals surface area contributed by atoms with Crippen LogP contribution in [0.5, 0.6) is 5.75 Å². The zero-order valence-corrected chi connectivity index (χ0v) is 25.0. The van der Waals surface area contributed by atoms with Crippen molar-refractivity contribution in [3.05, 3.63) is 84.4 Å². The number of alkyl halides is 1. The first-order valence-electron chi connectivity index (χ1n) is 13.0. The summed E-state index contributed by atoms with van der Waals surface area (Å²) in [7, 11) is 0.672. The minimum atomic E-state index is -4.07. The highest BCUT2D eigenvalue weighted by Crippen LogP contribution is 2.32. The maximum Gasteiger partial charge on any atom is 0.265 e. The summed E-state index contributed by atoms with van der Waals surface area (Å²) in [5.41, 5.74) is 2.76. The Morgan fingerprint density at radius 1 is 1.00 bits per heavy atom. The summed E-state index contributed by atoms with van der Waals surface area (Å²) in [6, 6.07) is 18.6. The van der Waals surface area contributed by atoms with E-state index in [2.05, 4.69) is 20.3 Å². The predicted molar refractivity (Wildman–Crippen MR) is 166 cm³/mol. The van der Waals surface area contributed by atoms with Gasteiger partial charge in [0.15, 0.2) is 4.87 Å². The van der Waals surface area contributed by atoms with E-state index in [1.807, 2.05) is 6.07 Å². The second-order valence-corrected chi connectivity index (χ2v) is 12.1. The van der Waals surface area contributed by atoms with E-state index in [-0.39, 0.29) is 29.0 Å². The SMILES string of the molecule is COc1ccc(-c2cccc(C(=O)N(C)C)c2)cc1S(=O)(=O)Nc1cccc(NCCNC(=O)C2(Cl)C=CC=NC2)c1. The van der Waals surface area contributed by atoms with Gasteiger partial charge in [0.05, 0.1) is 19.3 Å². The first-order chi connectivity index (χ1) is 20.0. The third kappa shape index (κ3) is 7.29. The number of rotatable bonds is 11. The van der Waals surface area contributed by atoms with Crippen LogP contribution in [0.3, 0.4) is 0 Å². The van der Waals surface area contributed by atoms with Crippen LogP contribution in [0, 0.1) is 0 Å². The summed E-state index contributed by atoms with van der Waals surface area (Å²) < 4.78 is 35.0. The number of anilines is 2. The Hall–Kier alpha value is -4.35. The van der Waals surface area contributed by atoms with Crippen molar-refractivity contribution in [3.63, 3.8) is 0 Å². The van der Waals surface area contributed by atoms with Crippen LogP contribution in [0.1, 0.15) is 10.4 Å². The average Bonchev–Trinajstić information content (AvgIpc) is 2.98. The summed E-state index contributed by atoms with van der Waals surface area (Å²) >= 11 is 6.33. The zero-order chi connectivity index (χ0) is 30.3. The minimum absolute atomic E-state index is 0.0518. The second-order valence-electron chi connectivity index (χ2n) is 9.73. The number of hydrogen-bond acceptors (Lipinski definition) is 7. The topological polar surface area (TPSA) is 129 Å². The fraction of sp³-hybridized carbons (Fsp3) is 0.233. The van der Waals surface area contributed by atoms with E-state index in [0.29, 0.717) is 41.2 Å². The van der Waals surface area contributed by atoms with E-state index in [4.69, 9.17) is 16.3 Å². The number of sulfonamides is 1. The standard InChI is InChI=1S/C30H32ClN5O5S/c1-36(2)28(37)23-8-4-7-21(17-23)22-11-12-26(41-3)27(18-22)42(39,40)35-25-10-5-9-24(19-25)33-15-16-34-29(38)30(31)13-6-14-32-20-30/h4-14,17-19,33,35H,15-16,20H2,1-3H3,(H,34,38). The number of aliphatic imine (C=N–C) groups is 1. The Morgan fingerprint density at radius 2 is 1.74 bits per heavy atom. The molecule has 1 unspecified atom stereocenters. The molecule has 4 rings (SSSR count). The largest absolute Gasteiger partial charge is 0.495 e. The molecule has 1 aliphatic rings. The van der Waals surface area contributed by atoms with Gasteiger partial charge in [-0.2, -0.15) is 0 Å². The number of nitrogens with zero attached hydrogens (tertiary/aromatic N) is 2. The lowest BCUT2D eigenvalue weighted by Crippen LogP contribution is -2.45. The number of carbonyl (C=O) groups excluding carboxylic acids is 2. The Labute approximate surface area is 250 Å². The molecule has 3 N–H and O–H groups in total. The highest BCUT2D eigenvalue weighted by Gasteiger charge is 2.33. The molecule has 3 aromatic carbocycles. The van der Waals surface area contributed by atoms with Crippen molar-refractivity contribution in [2.24, 2.45) is 4.99 Å². The lowest BCUT2D eigenvalue weighted by atomic mass is 10.0. The van der Waals surface area contributed by atoms with E-state index >= 15 is 0 Å². The van der Waals surface area contributed by atoms with Gasteiger partial charge in [-0.1, -0.05) is 30.3 Å². The maximum absolute atomic E-state index is 13.5. The number of amides is 2. The minimum Gasteiger partial charge on any atom is -0.495 e. The van der Waals surface area contributed by atoms with Gasteiger partial charge >= 0.3 is 0 Å². The Balaban J connectivity index is 1.46. The van der Waals surface area contributed by atoms with Crippen LogP contribution in [-0.2, 0) is 14.8 Å². The molecule has 2 amide bonds. The van der Waals surface area contributed by atoms with Crippen molar-refractivity contribution in [2.45, 2.75) is 9.77 Å². The third-order valence-corrected chi connectivity index (χ3v) is 8.23. The Morgan fingerprint density at radius 3 is 2.45 bits per heavy atom. The molecule has 0 radical (unpaired) electrons. The van der Waals surface area contributed by atoms with Crippen LogP contribution >= 0.6 is 11.6 Å². The molecule has 0 saturated carbocycles. The third-order valence-electron chi connectivity index (χ3n) is 6.41. The van der Waals surface area contributed by atoms with E-state index in [9.17, 15) is 18.0 Å². The van der Waals surface area contributed by atoms with Crippen molar-refractivity contribution in [1.82, 2.24) is 10.2 Å². The molecule has 1 aliphatic heterocycles. The summed E-state index contributed by atoms with van der Waals surface area (Å²) in [6.45, 7) is 0.849. The Bertz CT molecular complexity index is 1640. The fourth-order valence-corrected chi connectivity index (χ4v) is 5.69. The number of benzene rings is 3. The van der Waals surface area contributed by atoms with Crippen LogP contribution in [0.2, 0.25) is 0 Å². The lowest BCUT2D eigenvalue weighted by Gasteiger charge is -2.22. The molecule has 1 heterocycles. The molecule has 0 saturated heterocycles. The van der Waals surface area contributed by atoms with E-state index in [1.165, 1.54) is 18.1 Å². The van der Waals surface area contributed by atoms with Crippen LogP contribution in [0.25, 0.3) is 11.1 Å². The summed E-state index contributed by atoms with van der Waals surface area (Å²) in [4.78, 5) is 29.1. The summed E-state index contributed by atoms with van der Waals surface area (Å²) in [5, 5.41) is 5.94. The molecule has 0 aliphatic carbocycles. The van der Waals surface area contributed by atoms with Crippen LogP contribution in [-0.4, -0.2) is 77.1 Å². The van der Waals surface area contributed by atoms with Gasteiger partial charge in [0.25, 0.3) is 15.9 Å². The number of dihydropyridines is 1. The number of hydrogen-bond donors (Lipinski definition) is 3. The number of methoxy groups -OCH3 is 1. The van der Waals surface area contributed by atoms with Gasteiger partial charge in [-0.3, -0.25) is 19.3 Å². The number of halogens is 1. The van der Waals surface area contributed by atoms with E-state index < -0.39 is 14.9 Å². The molecule has 0 spiro atoms. The molecule has 12 heteroatoms. The number of nitrogens with one attached hydrogen (secondary N) is 3. The molecular weight excluding hydrogens is 578 g/mol. The quantitative estimate of drug-likeness (QED) is 0.223. The van der Waals surface area contributed by atoms with Gasteiger partial charge in [-0.15, -0.1) is 11.6 Å². The van der Waals surface area contributed by atoms with Crippen LogP contribution in [0.15, 0.2) is 88.8 Å². The van der Waals surface area contributed by atoms with Crippen molar-refractivity contribution in [1.29, 1.82) is 0 Å². The average molecular weight is 610 g/mol. The highest BCUT2D eigenvalue weighted by atomic mass is 35.5. The number of ether oxygens (including phenoxy) is 1. The van der Waals surface area contributed by atoms with Gasteiger partial charge < -0.3 is 20.3 Å². The summed E-state index contributed by atoms with van der Waals surface area (Å²) in [5.74, 6) is -0.324. The molecule has 42 heavy (non-hydrogen) atoms. The van der Waals surface area contributed by atoms with Crippen molar-refractivity contribution >= 4 is 51.0 Å². The van der Waals surface area contributed by atoms with E-state index in [1.54, 1.807) is 87.1 Å². The molecule has 10 nitrogen and oxygen atoms in total. The molecule has 0 aromatic heterocycles. The smallest absolute Gasteiger partial charge is 0.265 e. The van der Waals surface area contributed by atoms with Gasteiger partial charge in [-0.25, -0.2) is 8.42 Å². The molecule has 3 aromatic rings. The molecule has 0 bridgehead atoms. The second kappa shape index (κ2) is 13.1. The first-order valence-corrected chi connectivity index (χ1v) is 14.9. The molecule has 0 fully saturated rings. The first kappa shape index (κ1) is 30.6.